The van der Waals surface area contributed by atoms with Crippen LogP contribution in [0.1, 0.15) is 47.8 Å². The van der Waals surface area contributed by atoms with Crippen molar-refractivity contribution in [1.82, 2.24) is 4.90 Å². The lowest BCUT2D eigenvalue weighted by Crippen LogP contribution is -2.40. The summed E-state index contributed by atoms with van der Waals surface area (Å²) in [6.45, 7) is 12.3. The van der Waals surface area contributed by atoms with Gasteiger partial charge in [0.2, 0.25) is 0 Å². The number of rotatable bonds is 6. The van der Waals surface area contributed by atoms with E-state index in [9.17, 15) is 14.9 Å². The summed E-state index contributed by atoms with van der Waals surface area (Å²) in [6.07, 6.45) is 0. The molecule has 154 valence electrons. The predicted molar refractivity (Wildman–Crippen MR) is 115 cm³/mol. The second-order valence-corrected chi connectivity index (χ2v) is 13.9. The van der Waals surface area contributed by atoms with Crippen LogP contribution in [-0.4, -0.2) is 24.0 Å². The van der Waals surface area contributed by atoms with Crippen molar-refractivity contribution < 1.29 is 14.1 Å². The molecule has 0 radical (unpaired) electrons. The minimum absolute atomic E-state index is 0.00914. The third-order valence-electron chi connectivity index (χ3n) is 5.99. The second kappa shape index (κ2) is 7.72. The smallest absolute Gasteiger partial charge is 0.275 e. The van der Waals surface area contributed by atoms with Crippen molar-refractivity contribution in [3.63, 3.8) is 0 Å². The molecule has 7 heteroatoms. The largest absolute Gasteiger partial charge is 0.413 e. The average Bonchev–Trinajstić information content (AvgIpc) is 2.95. The van der Waals surface area contributed by atoms with Gasteiger partial charge >= 0.3 is 0 Å². The van der Waals surface area contributed by atoms with E-state index >= 15 is 0 Å². The zero-order valence-electron chi connectivity index (χ0n) is 17.7. The molecule has 0 aromatic heterocycles. The summed E-state index contributed by atoms with van der Waals surface area (Å²) >= 11 is 0. The molecule has 3 rings (SSSR count). The topological polar surface area (TPSA) is 72.7 Å². The summed E-state index contributed by atoms with van der Waals surface area (Å²) in [5.41, 5.74) is 3.00. The van der Waals surface area contributed by atoms with Crippen molar-refractivity contribution in [2.75, 3.05) is 0 Å². The van der Waals surface area contributed by atoms with E-state index in [2.05, 4.69) is 39.9 Å². The number of nitro benzene ring substituents is 1. The van der Waals surface area contributed by atoms with Gasteiger partial charge < -0.3 is 9.33 Å². The van der Waals surface area contributed by atoms with Crippen molar-refractivity contribution >= 4 is 19.9 Å². The Bertz CT molecular complexity index is 950. The van der Waals surface area contributed by atoms with E-state index in [0.29, 0.717) is 24.3 Å². The molecule has 1 aliphatic rings. The fourth-order valence-corrected chi connectivity index (χ4v) is 4.15. The summed E-state index contributed by atoms with van der Waals surface area (Å²) in [4.78, 5) is 25.2. The number of fused-ring (bicyclic) bond motifs is 1. The van der Waals surface area contributed by atoms with Crippen molar-refractivity contribution in [2.45, 2.75) is 58.6 Å². The fourth-order valence-electron chi connectivity index (χ4n) is 3.19. The van der Waals surface area contributed by atoms with Gasteiger partial charge in [-0.15, -0.1) is 0 Å². The van der Waals surface area contributed by atoms with Crippen LogP contribution >= 0.6 is 0 Å². The first-order valence-corrected chi connectivity index (χ1v) is 12.7. The molecule has 6 nitrogen and oxygen atoms in total. The van der Waals surface area contributed by atoms with Gasteiger partial charge in [0.1, 0.15) is 0 Å². The Morgan fingerprint density at radius 3 is 2.45 bits per heavy atom. The summed E-state index contributed by atoms with van der Waals surface area (Å²) in [5, 5.41) is 11.4. The van der Waals surface area contributed by atoms with Gasteiger partial charge in [0.05, 0.1) is 29.2 Å². The first kappa shape index (κ1) is 21.2. The molecule has 0 spiro atoms. The van der Waals surface area contributed by atoms with Gasteiger partial charge in [-0.05, 0) is 35.3 Å². The van der Waals surface area contributed by atoms with Gasteiger partial charge in [0, 0.05) is 12.6 Å². The number of hydrogen-bond donors (Lipinski definition) is 0. The normalized spacial score (nSPS) is 14.2. The summed E-state index contributed by atoms with van der Waals surface area (Å²) in [5.74, 6) is -0.161. The molecule has 0 unspecified atom stereocenters. The maximum absolute atomic E-state index is 12.7. The molecule has 1 heterocycles. The zero-order valence-corrected chi connectivity index (χ0v) is 18.7. The van der Waals surface area contributed by atoms with Crippen LogP contribution in [0, 0.1) is 10.1 Å². The molecule has 0 saturated heterocycles. The highest BCUT2D eigenvalue weighted by atomic mass is 28.4. The zero-order chi connectivity index (χ0) is 21.4. The minimum Gasteiger partial charge on any atom is -0.413 e. The number of nitrogens with zero attached hydrogens (tertiary/aromatic N) is 2. The van der Waals surface area contributed by atoms with Gasteiger partial charge in [-0.1, -0.05) is 51.1 Å². The van der Waals surface area contributed by atoms with Gasteiger partial charge in [-0.3, -0.25) is 14.9 Å². The lowest BCUT2D eigenvalue weighted by Gasteiger charge is -2.36. The third kappa shape index (κ3) is 4.41. The van der Waals surface area contributed by atoms with E-state index in [1.807, 2.05) is 18.2 Å². The molecule has 1 aliphatic heterocycles. The Morgan fingerprint density at radius 1 is 1.14 bits per heavy atom. The highest BCUT2D eigenvalue weighted by molar-refractivity contribution is 6.74. The molecule has 29 heavy (non-hydrogen) atoms. The van der Waals surface area contributed by atoms with Crippen LogP contribution in [0.4, 0.5) is 5.69 Å². The molecule has 0 aliphatic carbocycles. The van der Waals surface area contributed by atoms with Crippen LogP contribution in [0.3, 0.4) is 0 Å². The number of benzene rings is 2. The van der Waals surface area contributed by atoms with Crippen LogP contribution in [0.25, 0.3) is 0 Å². The highest BCUT2D eigenvalue weighted by Gasteiger charge is 2.37. The molecule has 0 saturated carbocycles. The van der Waals surface area contributed by atoms with E-state index in [1.54, 1.807) is 17.0 Å². The molecular weight excluding hydrogens is 384 g/mol. The Balaban J connectivity index is 1.72. The van der Waals surface area contributed by atoms with Crippen molar-refractivity contribution in [1.29, 1.82) is 0 Å². The third-order valence-corrected chi connectivity index (χ3v) is 10.5. The van der Waals surface area contributed by atoms with Crippen LogP contribution in [0.5, 0.6) is 0 Å². The molecule has 0 bridgehead atoms. The Hall–Kier alpha value is -2.51. The molecular formula is C22H28N2O4Si. The molecule has 1 amide bonds. The van der Waals surface area contributed by atoms with Crippen molar-refractivity contribution in [3.05, 3.63) is 74.8 Å². The van der Waals surface area contributed by atoms with Gasteiger partial charge in [0.25, 0.3) is 11.6 Å². The van der Waals surface area contributed by atoms with Crippen LogP contribution in [0.15, 0.2) is 42.5 Å². The maximum Gasteiger partial charge on any atom is 0.275 e. The van der Waals surface area contributed by atoms with E-state index in [-0.39, 0.29) is 23.2 Å². The van der Waals surface area contributed by atoms with E-state index in [1.165, 1.54) is 6.07 Å². The van der Waals surface area contributed by atoms with E-state index in [4.69, 9.17) is 4.43 Å². The molecule has 2 aromatic carbocycles. The number of carbonyl (C=O) groups is 1. The molecule has 0 N–H and O–H groups in total. The maximum atomic E-state index is 12.7. The van der Waals surface area contributed by atoms with Gasteiger partial charge in [-0.2, -0.15) is 0 Å². The van der Waals surface area contributed by atoms with Gasteiger partial charge in [0.15, 0.2) is 8.32 Å². The SMILES string of the molecule is CC(C)(C)[Si](C)(C)OCc1cccc(CN2Cc3c(cccc3[N+](=O)[O-])C2=O)c1. The molecule has 0 atom stereocenters. The van der Waals surface area contributed by atoms with Crippen LogP contribution in [0.2, 0.25) is 18.1 Å². The highest BCUT2D eigenvalue weighted by Crippen LogP contribution is 2.37. The predicted octanol–water partition coefficient (Wildman–Crippen LogP) is 5.27. The van der Waals surface area contributed by atoms with E-state index in [0.717, 1.165) is 11.1 Å². The van der Waals surface area contributed by atoms with E-state index < -0.39 is 13.2 Å². The van der Waals surface area contributed by atoms with Crippen LogP contribution < -0.4 is 0 Å². The molecule has 0 fully saturated rings. The summed E-state index contributed by atoms with van der Waals surface area (Å²) in [6, 6.07) is 12.7. The van der Waals surface area contributed by atoms with Crippen molar-refractivity contribution in [3.8, 4) is 0 Å². The lowest BCUT2D eigenvalue weighted by atomic mass is 10.1. The Morgan fingerprint density at radius 2 is 1.79 bits per heavy atom. The average molecular weight is 413 g/mol. The number of amides is 1. The monoisotopic (exact) mass is 412 g/mol. The first-order valence-electron chi connectivity index (χ1n) is 9.77. The lowest BCUT2D eigenvalue weighted by molar-refractivity contribution is -0.385. The number of hydrogen-bond acceptors (Lipinski definition) is 4. The molecule has 2 aromatic rings. The fraction of sp³-hybridized carbons (Fsp3) is 0.409. The van der Waals surface area contributed by atoms with Crippen LogP contribution in [-0.2, 0) is 24.1 Å². The quantitative estimate of drug-likeness (QED) is 0.368. The summed E-state index contributed by atoms with van der Waals surface area (Å²) in [7, 11) is -1.84. The number of carbonyl (C=O) groups excluding carboxylic acids is 1. The Labute approximate surface area is 172 Å². The standard InChI is InChI=1S/C22H28N2O4Si/c1-22(2,3)29(4,5)28-15-17-9-6-8-16(12-17)13-23-14-19-18(21(23)25)10-7-11-20(19)24(26)27/h6-12H,13-15H2,1-5H3. The minimum atomic E-state index is -1.84. The second-order valence-electron chi connectivity index (χ2n) is 9.09. The number of nitro groups is 1. The first-order chi connectivity index (χ1) is 13.5. The van der Waals surface area contributed by atoms with Crippen molar-refractivity contribution in [2.24, 2.45) is 0 Å². The van der Waals surface area contributed by atoms with Gasteiger partial charge in [-0.25, -0.2) is 0 Å². The Kier molecular flexibility index (Phi) is 5.65. The summed E-state index contributed by atoms with van der Waals surface area (Å²) < 4.78 is 6.30.